The van der Waals surface area contributed by atoms with Crippen LogP contribution in [0.5, 0.6) is 0 Å². The molecule has 0 radical (unpaired) electrons. The van der Waals surface area contributed by atoms with Gasteiger partial charge < -0.3 is 17.7 Å². The highest BCUT2D eigenvalue weighted by Crippen LogP contribution is 2.46. The molecule has 1 aromatic rings. The Bertz CT molecular complexity index is 1030. The zero-order valence-corrected chi connectivity index (χ0v) is 26.8. The van der Waals surface area contributed by atoms with Gasteiger partial charge in [0.15, 0.2) is 0 Å². The molecule has 12 nitrogen and oxygen atoms in total. The molecule has 0 saturated carbocycles. The Labute approximate surface area is 238 Å². The SMILES string of the molecule is CC(C)[Si]1(C(C)C)OCC2CC(C/C=N/Nc3ccc([N+](=O)[O-])cc3[N+](=O)[O-])OC2CO[Si](C(C)C)(C(C)C)O1. The van der Waals surface area contributed by atoms with Gasteiger partial charge in [-0.1, -0.05) is 55.4 Å². The maximum absolute atomic E-state index is 11.4. The van der Waals surface area contributed by atoms with Crippen molar-refractivity contribution in [1.82, 2.24) is 0 Å². The van der Waals surface area contributed by atoms with Gasteiger partial charge in [0.25, 0.3) is 5.69 Å². The molecule has 224 valence electrons. The van der Waals surface area contributed by atoms with Gasteiger partial charge in [0, 0.05) is 31.2 Å². The van der Waals surface area contributed by atoms with Crippen molar-refractivity contribution < 1.29 is 27.6 Å². The zero-order chi connectivity index (χ0) is 29.8. The summed E-state index contributed by atoms with van der Waals surface area (Å²) in [6, 6.07) is 3.39. The third kappa shape index (κ3) is 6.79. The molecule has 0 spiro atoms. The number of ether oxygens (including phenoxy) is 1. The number of hydrogen-bond acceptors (Lipinski definition) is 10. The first-order valence-corrected chi connectivity index (χ1v) is 18.0. The number of hydrazone groups is 1. The molecule has 40 heavy (non-hydrogen) atoms. The molecule has 0 aliphatic carbocycles. The van der Waals surface area contributed by atoms with E-state index in [1.54, 1.807) is 6.21 Å². The van der Waals surface area contributed by atoms with E-state index in [1.807, 2.05) is 0 Å². The lowest BCUT2D eigenvalue weighted by Gasteiger charge is -2.47. The van der Waals surface area contributed by atoms with Gasteiger partial charge in [0.05, 0.1) is 34.7 Å². The van der Waals surface area contributed by atoms with E-state index >= 15 is 0 Å². The van der Waals surface area contributed by atoms with Crippen LogP contribution in [0.4, 0.5) is 17.1 Å². The quantitative estimate of drug-likeness (QED) is 0.136. The van der Waals surface area contributed by atoms with Crippen LogP contribution in [0.15, 0.2) is 23.3 Å². The van der Waals surface area contributed by atoms with E-state index in [-0.39, 0.29) is 51.7 Å². The first-order chi connectivity index (χ1) is 18.7. The van der Waals surface area contributed by atoms with Gasteiger partial charge in [-0.15, -0.1) is 0 Å². The van der Waals surface area contributed by atoms with Gasteiger partial charge in [-0.2, -0.15) is 5.10 Å². The van der Waals surface area contributed by atoms with Gasteiger partial charge in [-0.25, -0.2) is 0 Å². The van der Waals surface area contributed by atoms with Crippen LogP contribution in [0.3, 0.4) is 0 Å². The number of non-ortho nitro benzene ring substituents is 1. The average molecular weight is 597 g/mol. The summed E-state index contributed by atoms with van der Waals surface area (Å²) in [4.78, 5) is 21.0. The van der Waals surface area contributed by atoms with Crippen molar-refractivity contribution in [2.75, 3.05) is 18.6 Å². The van der Waals surface area contributed by atoms with E-state index in [1.165, 1.54) is 12.1 Å². The molecule has 3 unspecified atom stereocenters. The fraction of sp³-hybridized carbons (Fsp3) is 0.731. The van der Waals surface area contributed by atoms with E-state index < -0.39 is 32.7 Å². The molecule has 14 heteroatoms. The maximum atomic E-state index is 11.4. The van der Waals surface area contributed by atoms with Gasteiger partial charge >= 0.3 is 22.8 Å². The van der Waals surface area contributed by atoms with Crippen molar-refractivity contribution >= 4 is 40.4 Å². The summed E-state index contributed by atoms with van der Waals surface area (Å²) < 4.78 is 27.3. The fourth-order valence-electron chi connectivity index (χ4n) is 5.80. The first kappa shape index (κ1) is 32.3. The van der Waals surface area contributed by atoms with E-state index in [0.717, 1.165) is 12.5 Å². The summed E-state index contributed by atoms with van der Waals surface area (Å²) in [7, 11) is -5.31. The van der Waals surface area contributed by atoms with Crippen molar-refractivity contribution in [3.63, 3.8) is 0 Å². The van der Waals surface area contributed by atoms with Crippen molar-refractivity contribution in [3.8, 4) is 0 Å². The highest BCUT2D eigenvalue weighted by molar-refractivity contribution is 6.83. The molecule has 2 saturated heterocycles. The number of nitrogens with one attached hydrogen (secondary N) is 1. The number of rotatable bonds is 10. The number of fused-ring (bicyclic) bond motifs is 1. The Morgan fingerprint density at radius 1 is 0.950 bits per heavy atom. The Morgan fingerprint density at radius 2 is 1.52 bits per heavy atom. The Kier molecular flexibility index (Phi) is 10.6. The number of anilines is 1. The van der Waals surface area contributed by atoms with Crippen molar-refractivity contribution in [1.29, 1.82) is 0 Å². The molecule has 3 rings (SSSR count). The molecule has 0 bridgehead atoms. The van der Waals surface area contributed by atoms with E-state index in [4.69, 9.17) is 17.7 Å². The van der Waals surface area contributed by atoms with Crippen LogP contribution in [-0.4, -0.2) is 58.6 Å². The van der Waals surface area contributed by atoms with Crippen LogP contribution in [0.25, 0.3) is 0 Å². The Hall–Kier alpha value is -2.24. The summed E-state index contributed by atoms with van der Waals surface area (Å²) in [5.74, 6) is 0.152. The highest BCUT2D eigenvalue weighted by atomic mass is 28.5. The highest BCUT2D eigenvalue weighted by Gasteiger charge is 2.58. The van der Waals surface area contributed by atoms with E-state index in [9.17, 15) is 20.2 Å². The molecule has 0 aromatic heterocycles. The second kappa shape index (κ2) is 13.2. The van der Waals surface area contributed by atoms with E-state index in [0.29, 0.717) is 19.6 Å². The number of nitro benzene ring substituents is 2. The molecule has 2 fully saturated rings. The maximum Gasteiger partial charge on any atom is 0.334 e. The lowest BCUT2D eigenvalue weighted by molar-refractivity contribution is -0.393. The summed E-state index contributed by atoms with van der Waals surface area (Å²) in [5, 5.41) is 26.5. The third-order valence-corrected chi connectivity index (χ3v) is 18.3. The number of hydrogen-bond donors (Lipinski definition) is 1. The van der Waals surface area contributed by atoms with Crippen molar-refractivity contribution in [3.05, 3.63) is 38.4 Å². The smallest absolute Gasteiger partial charge is 0.334 e. The zero-order valence-electron chi connectivity index (χ0n) is 24.8. The monoisotopic (exact) mass is 596 g/mol. The second-order valence-electron chi connectivity index (χ2n) is 12.0. The van der Waals surface area contributed by atoms with Crippen LogP contribution in [0.2, 0.25) is 22.2 Å². The predicted molar refractivity (Wildman–Crippen MR) is 158 cm³/mol. The molecule has 2 aliphatic rings. The first-order valence-electron chi connectivity index (χ1n) is 14.1. The number of benzene rings is 1. The predicted octanol–water partition coefficient (Wildman–Crippen LogP) is 6.65. The number of nitrogens with zero attached hydrogens (tertiary/aromatic N) is 3. The molecule has 2 aliphatic heterocycles. The van der Waals surface area contributed by atoms with E-state index in [2.05, 4.69) is 65.9 Å². The summed E-state index contributed by atoms with van der Waals surface area (Å²) >= 11 is 0. The largest absolute Gasteiger partial charge is 0.414 e. The van der Waals surface area contributed by atoms with Crippen LogP contribution in [0.1, 0.15) is 68.2 Å². The molecule has 2 heterocycles. The lowest BCUT2D eigenvalue weighted by atomic mass is 10.00. The van der Waals surface area contributed by atoms with Gasteiger partial charge in [-0.3, -0.25) is 25.7 Å². The minimum atomic E-state index is -2.67. The van der Waals surface area contributed by atoms with Crippen LogP contribution in [-0.2, 0) is 17.7 Å². The normalized spacial score (nSPS) is 24.8. The minimum Gasteiger partial charge on any atom is -0.414 e. The summed E-state index contributed by atoms with van der Waals surface area (Å²) in [6.07, 6.45) is 2.65. The second-order valence-corrected chi connectivity index (χ2v) is 20.9. The fourth-order valence-corrected chi connectivity index (χ4v) is 16.9. The molecule has 0 amide bonds. The standard InChI is InChI=1S/C26H44N4O8Si2/c1-17(2)39(18(3)4)35-15-21-13-23(37-26(21)16-36-40(38-39,19(5)6)20(7)8)11-12-27-28-24-10-9-22(29(31)32)14-25(24)30(33)34/h9-10,12,14,17-21,23,26,28H,11,13,15-16H2,1-8H3/b27-12+. The number of nitro groups is 2. The minimum absolute atomic E-state index is 0.0752. The average Bonchev–Trinajstić information content (AvgIpc) is 3.28. The molecule has 3 atom stereocenters. The Morgan fingerprint density at radius 3 is 2.05 bits per heavy atom. The third-order valence-electron chi connectivity index (χ3n) is 8.03. The van der Waals surface area contributed by atoms with Crippen molar-refractivity contribution in [2.24, 2.45) is 11.0 Å². The molecule has 1 aromatic carbocycles. The Balaban J connectivity index is 1.75. The van der Waals surface area contributed by atoms with Crippen LogP contribution in [0, 0.1) is 26.1 Å². The summed E-state index contributed by atoms with van der Waals surface area (Å²) in [6.45, 7) is 18.6. The van der Waals surface area contributed by atoms with Gasteiger partial charge in [-0.05, 0) is 34.7 Å². The van der Waals surface area contributed by atoms with Gasteiger partial charge in [0.1, 0.15) is 5.69 Å². The topological polar surface area (TPSA) is 148 Å². The van der Waals surface area contributed by atoms with Crippen LogP contribution < -0.4 is 5.43 Å². The molecular weight excluding hydrogens is 552 g/mol. The van der Waals surface area contributed by atoms with Crippen molar-refractivity contribution in [2.45, 2.75) is 103 Å². The van der Waals surface area contributed by atoms with Crippen LogP contribution >= 0.6 is 0 Å². The molecule has 1 N–H and O–H groups in total. The van der Waals surface area contributed by atoms with Gasteiger partial charge in [0.2, 0.25) is 0 Å². The lowest BCUT2D eigenvalue weighted by Crippen LogP contribution is -2.61. The summed E-state index contributed by atoms with van der Waals surface area (Å²) in [5.41, 5.74) is 2.96. The molecular formula is C26H44N4O8Si2.